The molecule has 0 aliphatic heterocycles. The van der Waals surface area contributed by atoms with Crippen molar-refractivity contribution < 1.29 is 9.66 Å². The smallest absolute Gasteiger partial charge is 0.353 e. The molecule has 0 saturated carbocycles. The van der Waals surface area contributed by atoms with Gasteiger partial charge in [0.2, 0.25) is 11.6 Å². The van der Waals surface area contributed by atoms with E-state index in [0.29, 0.717) is 18.0 Å². The Morgan fingerprint density at radius 2 is 2.05 bits per heavy atom. The minimum absolute atomic E-state index is 0.111. The first-order chi connectivity index (χ1) is 10.6. The van der Waals surface area contributed by atoms with Gasteiger partial charge in [-0.15, -0.1) is 0 Å². The zero-order valence-corrected chi connectivity index (χ0v) is 12.6. The molecule has 0 amide bonds. The summed E-state index contributed by atoms with van der Waals surface area (Å²) in [7, 11) is 1.54. The van der Waals surface area contributed by atoms with Gasteiger partial charge in [-0.3, -0.25) is 10.1 Å². The molecule has 8 nitrogen and oxygen atoms in total. The number of aryl methyl sites for hydroxylation is 1. The molecule has 1 aromatic carbocycles. The summed E-state index contributed by atoms with van der Waals surface area (Å²) < 4.78 is 5.26. The van der Waals surface area contributed by atoms with Crippen LogP contribution in [0, 0.1) is 17.0 Å². The summed E-state index contributed by atoms with van der Waals surface area (Å²) in [4.78, 5) is 18.7. The van der Waals surface area contributed by atoms with Gasteiger partial charge >= 0.3 is 5.69 Å². The molecule has 0 radical (unpaired) electrons. The predicted octanol–water partition coefficient (Wildman–Crippen LogP) is 2.88. The second-order valence-electron chi connectivity index (χ2n) is 4.54. The van der Waals surface area contributed by atoms with Crippen molar-refractivity contribution in [1.82, 2.24) is 9.97 Å². The number of rotatable bonds is 6. The Morgan fingerprint density at radius 1 is 1.32 bits per heavy atom. The van der Waals surface area contributed by atoms with E-state index in [1.165, 1.54) is 13.4 Å². The highest BCUT2D eigenvalue weighted by Gasteiger charge is 2.23. The lowest BCUT2D eigenvalue weighted by Gasteiger charge is -2.12. The number of benzene rings is 1. The highest BCUT2D eigenvalue weighted by atomic mass is 16.6. The van der Waals surface area contributed by atoms with Gasteiger partial charge in [0, 0.05) is 6.54 Å². The van der Waals surface area contributed by atoms with Crippen LogP contribution in [0.4, 0.5) is 23.0 Å². The fourth-order valence-corrected chi connectivity index (χ4v) is 1.99. The van der Waals surface area contributed by atoms with Gasteiger partial charge in [-0.05, 0) is 31.5 Å². The summed E-state index contributed by atoms with van der Waals surface area (Å²) in [5.74, 6) is 0.861. The number of aromatic nitrogens is 2. The van der Waals surface area contributed by atoms with Gasteiger partial charge in [0.15, 0.2) is 0 Å². The van der Waals surface area contributed by atoms with E-state index in [1.54, 1.807) is 6.07 Å². The second kappa shape index (κ2) is 6.70. The molecule has 0 atom stereocenters. The minimum Gasteiger partial charge on any atom is -0.495 e. The normalized spacial score (nSPS) is 10.1. The van der Waals surface area contributed by atoms with Crippen molar-refractivity contribution >= 4 is 23.0 Å². The van der Waals surface area contributed by atoms with Gasteiger partial charge in [-0.2, -0.15) is 0 Å². The van der Waals surface area contributed by atoms with Gasteiger partial charge in [0.05, 0.1) is 17.7 Å². The van der Waals surface area contributed by atoms with Crippen LogP contribution in [0.5, 0.6) is 5.75 Å². The average molecular weight is 303 g/mol. The molecule has 8 heteroatoms. The van der Waals surface area contributed by atoms with Gasteiger partial charge in [0.25, 0.3) is 0 Å². The Bertz CT molecular complexity index is 690. The number of methoxy groups -OCH3 is 1. The third kappa shape index (κ3) is 3.22. The molecule has 116 valence electrons. The van der Waals surface area contributed by atoms with Gasteiger partial charge in [-0.25, -0.2) is 9.97 Å². The Hall–Kier alpha value is -2.90. The molecule has 22 heavy (non-hydrogen) atoms. The lowest BCUT2D eigenvalue weighted by atomic mass is 10.2. The van der Waals surface area contributed by atoms with Gasteiger partial charge in [0.1, 0.15) is 12.1 Å². The Kier molecular flexibility index (Phi) is 4.72. The maximum Gasteiger partial charge on any atom is 0.353 e. The molecule has 0 fully saturated rings. The van der Waals surface area contributed by atoms with Crippen molar-refractivity contribution in [2.24, 2.45) is 0 Å². The van der Waals surface area contributed by atoms with Crippen molar-refractivity contribution in [1.29, 1.82) is 0 Å². The van der Waals surface area contributed by atoms with E-state index in [2.05, 4.69) is 20.6 Å². The maximum absolute atomic E-state index is 11.3. The van der Waals surface area contributed by atoms with Crippen LogP contribution in [0.25, 0.3) is 0 Å². The third-order valence-electron chi connectivity index (χ3n) is 2.96. The molecule has 2 aromatic rings. The quantitative estimate of drug-likeness (QED) is 0.624. The van der Waals surface area contributed by atoms with Crippen LogP contribution < -0.4 is 15.4 Å². The standard InChI is InChI=1S/C14H17N5O3/c1-4-15-13-12(19(20)21)14(17-8-16-13)18-10-7-9(2)5-6-11(10)22-3/h5-8H,4H2,1-3H3,(H2,15,16,17,18). The van der Waals surface area contributed by atoms with Gasteiger partial charge in [-0.1, -0.05) is 6.07 Å². The first-order valence-corrected chi connectivity index (χ1v) is 6.71. The van der Waals surface area contributed by atoms with Crippen LogP contribution in [0.2, 0.25) is 0 Å². The Labute approximate surface area is 127 Å². The number of anilines is 3. The molecule has 1 heterocycles. The molecular weight excluding hydrogens is 286 g/mol. The zero-order chi connectivity index (χ0) is 16.1. The van der Waals surface area contributed by atoms with Crippen LogP contribution in [0.15, 0.2) is 24.5 Å². The molecular formula is C14H17N5O3. The van der Waals surface area contributed by atoms with E-state index < -0.39 is 4.92 Å². The lowest BCUT2D eigenvalue weighted by Crippen LogP contribution is -2.08. The van der Waals surface area contributed by atoms with Crippen LogP contribution in [-0.4, -0.2) is 28.5 Å². The molecule has 0 bridgehead atoms. The number of ether oxygens (including phenoxy) is 1. The lowest BCUT2D eigenvalue weighted by molar-refractivity contribution is -0.383. The first-order valence-electron chi connectivity index (χ1n) is 6.71. The molecule has 2 N–H and O–H groups in total. The fraction of sp³-hybridized carbons (Fsp3) is 0.286. The van der Waals surface area contributed by atoms with Crippen molar-refractivity contribution in [3.8, 4) is 5.75 Å². The third-order valence-corrected chi connectivity index (χ3v) is 2.96. The van der Waals surface area contributed by atoms with Crippen molar-refractivity contribution in [2.45, 2.75) is 13.8 Å². The van der Waals surface area contributed by atoms with E-state index in [-0.39, 0.29) is 17.3 Å². The number of hydrogen-bond acceptors (Lipinski definition) is 7. The van der Waals surface area contributed by atoms with E-state index in [9.17, 15) is 10.1 Å². The summed E-state index contributed by atoms with van der Waals surface area (Å²) in [6.45, 7) is 4.27. The molecule has 0 saturated heterocycles. The number of nitrogens with zero attached hydrogens (tertiary/aromatic N) is 3. The average Bonchev–Trinajstić information content (AvgIpc) is 2.47. The summed E-state index contributed by atoms with van der Waals surface area (Å²) in [6, 6.07) is 5.51. The first kappa shape index (κ1) is 15.5. The highest BCUT2D eigenvalue weighted by molar-refractivity contribution is 5.76. The zero-order valence-electron chi connectivity index (χ0n) is 12.6. The molecule has 0 unspecified atom stereocenters. The van der Waals surface area contributed by atoms with Gasteiger partial charge < -0.3 is 15.4 Å². The SMILES string of the molecule is CCNc1ncnc(Nc2cc(C)ccc2OC)c1[N+](=O)[O-]. The monoisotopic (exact) mass is 303 g/mol. The fourth-order valence-electron chi connectivity index (χ4n) is 1.99. The Morgan fingerprint density at radius 3 is 2.68 bits per heavy atom. The van der Waals surface area contributed by atoms with Crippen LogP contribution in [0.1, 0.15) is 12.5 Å². The molecule has 2 rings (SSSR count). The molecule has 0 aliphatic rings. The highest BCUT2D eigenvalue weighted by Crippen LogP contribution is 2.34. The topological polar surface area (TPSA) is 102 Å². The summed E-state index contributed by atoms with van der Waals surface area (Å²) >= 11 is 0. The van der Waals surface area contributed by atoms with E-state index in [0.717, 1.165) is 5.56 Å². The van der Waals surface area contributed by atoms with Crippen molar-refractivity contribution in [3.05, 3.63) is 40.2 Å². The predicted molar refractivity (Wildman–Crippen MR) is 83.9 cm³/mol. The molecule has 0 aliphatic carbocycles. The summed E-state index contributed by atoms with van der Waals surface area (Å²) in [5.41, 5.74) is 1.39. The van der Waals surface area contributed by atoms with Crippen LogP contribution >= 0.6 is 0 Å². The van der Waals surface area contributed by atoms with E-state index in [4.69, 9.17) is 4.74 Å². The maximum atomic E-state index is 11.3. The second-order valence-corrected chi connectivity index (χ2v) is 4.54. The largest absolute Gasteiger partial charge is 0.495 e. The Balaban J connectivity index is 2.47. The molecule has 0 spiro atoms. The number of nitro groups is 1. The molecule has 1 aromatic heterocycles. The summed E-state index contributed by atoms with van der Waals surface area (Å²) in [6.07, 6.45) is 1.27. The van der Waals surface area contributed by atoms with E-state index in [1.807, 2.05) is 26.0 Å². The summed E-state index contributed by atoms with van der Waals surface area (Å²) in [5, 5.41) is 17.2. The number of hydrogen-bond donors (Lipinski definition) is 2. The van der Waals surface area contributed by atoms with Crippen LogP contribution in [-0.2, 0) is 0 Å². The van der Waals surface area contributed by atoms with Crippen LogP contribution in [0.3, 0.4) is 0 Å². The minimum atomic E-state index is -0.511. The number of nitrogens with one attached hydrogen (secondary N) is 2. The van der Waals surface area contributed by atoms with Crippen molar-refractivity contribution in [2.75, 3.05) is 24.3 Å². The van der Waals surface area contributed by atoms with Crippen molar-refractivity contribution in [3.63, 3.8) is 0 Å². The van der Waals surface area contributed by atoms with E-state index >= 15 is 0 Å².